The number of nitrogens with one attached hydrogen (secondary N) is 1. The molecule has 11 heavy (non-hydrogen) atoms. The zero-order chi connectivity index (χ0) is 8.27. The van der Waals surface area contributed by atoms with Crippen molar-refractivity contribution in [3.8, 4) is 0 Å². The van der Waals surface area contributed by atoms with Gasteiger partial charge in [0, 0.05) is 6.20 Å². The molecule has 0 aliphatic carbocycles. The minimum Gasteiger partial charge on any atom is -0.427 e. The molecule has 1 rings (SSSR count). The van der Waals surface area contributed by atoms with E-state index in [1.807, 2.05) is 0 Å². The molecule has 0 amide bonds. The summed E-state index contributed by atoms with van der Waals surface area (Å²) in [5, 5.41) is 0. The number of H-pyrrole nitrogens is 1. The quantitative estimate of drug-likeness (QED) is 0.516. The van der Waals surface area contributed by atoms with Gasteiger partial charge < -0.3 is 9.72 Å². The number of allylic oxidation sites excluding steroid dienone is 1. The van der Waals surface area contributed by atoms with Gasteiger partial charge in [0.1, 0.15) is 5.69 Å². The molecule has 0 aliphatic rings. The molecule has 0 unspecified atom stereocenters. The second-order valence-electron chi connectivity index (χ2n) is 2.18. The SMILES string of the molecule is C=C(C)OC(=O)c1ccc[nH]1. The Bertz CT molecular complexity index is 262. The van der Waals surface area contributed by atoms with E-state index in [1.54, 1.807) is 25.3 Å². The van der Waals surface area contributed by atoms with Crippen molar-refractivity contribution in [1.82, 2.24) is 4.98 Å². The van der Waals surface area contributed by atoms with Gasteiger partial charge in [0.15, 0.2) is 0 Å². The first kappa shape index (κ1) is 7.60. The van der Waals surface area contributed by atoms with Crippen LogP contribution in [0.3, 0.4) is 0 Å². The van der Waals surface area contributed by atoms with Crippen LogP contribution in [0, 0.1) is 0 Å². The van der Waals surface area contributed by atoms with Gasteiger partial charge in [-0.05, 0) is 19.1 Å². The molecular weight excluding hydrogens is 142 g/mol. The van der Waals surface area contributed by atoms with Crippen LogP contribution in [0.2, 0.25) is 0 Å². The van der Waals surface area contributed by atoms with Gasteiger partial charge in [-0.15, -0.1) is 0 Å². The first-order chi connectivity index (χ1) is 5.20. The number of aromatic amines is 1. The van der Waals surface area contributed by atoms with Crippen LogP contribution in [-0.2, 0) is 4.74 Å². The van der Waals surface area contributed by atoms with E-state index in [-0.39, 0.29) is 0 Å². The van der Waals surface area contributed by atoms with Gasteiger partial charge in [0.2, 0.25) is 0 Å². The molecule has 1 N–H and O–H groups in total. The van der Waals surface area contributed by atoms with Crippen molar-refractivity contribution in [2.45, 2.75) is 6.92 Å². The van der Waals surface area contributed by atoms with Gasteiger partial charge in [-0.1, -0.05) is 6.58 Å². The Kier molecular flexibility index (Phi) is 2.11. The lowest BCUT2D eigenvalue weighted by Crippen LogP contribution is -2.02. The Morgan fingerprint density at radius 3 is 2.91 bits per heavy atom. The number of hydrogen-bond acceptors (Lipinski definition) is 2. The Morgan fingerprint density at radius 2 is 2.45 bits per heavy atom. The molecule has 3 nitrogen and oxygen atoms in total. The number of aromatic nitrogens is 1. The fourth-order valence-electron chi connectivity index (χ4n) is 0.671. The van der Waals surface area contributed by atoms with Crippen LogP contribution in [0.4, 0.5) is 0 Å². The van der Waals surface area contributed by atoms with Crippen LogP contribution in [0.5, 0.6) is 0 Å². The first-order valence-corrected chi connectivity index (χ1v) is 3.21. The van der Waals surface area contributed by atoms with Crippen molar-refractivity contribution >= 4 is 5.97 Å². The van der Waals surface area contributed by atoms with Crippen molar-refractivity contribution in [1.29, 1.82) is 0 Å². The highest BCUT2D eigenvalue weighted by Gasteiger charge is 2.06. The second-order valence-corrected chi connectivity index (χ2v) is 2.18. The third-order valence-electron chi connectivity index (χ3n) is 1.08. The first-order valence-electron chi connectivity index (χ1n) is 3.21. The molecule has 0 spiro atoms. The van der Waals surface area contributed by atoms with Crippen molar-refractivity contribution in [2.24, 2.45) is 0 Å². The van der Waals surface area contributed by atoms with Crippen LogP contribution in [-0.4, -0.2) is 11.0 Å². The normalized spacial score (nSPS) is 9.18. The molecule has 3 heteroatoms. The maximum Gasteiger partial charge on any atom is 0.359 e. The lowest BCUT2D eigenvalue weighted by Gasteiger charge is -1.98. The molecule has 1 aromatic rings. The predicted octanol–water partition coefficient (Wildman–Crippen LogP) is 1.71. The fourth-order valence-corrected chi connectivity index (χ4v) is 0.671. The lowest BCUT2D eigenvalue weighted by molar-refractivity contribution is 0.0622. The van der Waals surface area contributed by atoms with Crippen LogP contribution in [0.1, 0.15) is 17.4 Å². The summed E-state index contributed by atoms with van der Waals surface area (Å²) in [5.41, 5.74) is 0.438. The lowest BCUT2D eigenvalue weighted by atomic mass is 10.4. The van der Waals surface area contributed by atoms with Crippen molar-refractivity contribution in [3.63, 3.8) is 0 Å². The number of ether oxygens (including phenoxy) is 1. The van der Waals surface area contributed by atoms with E-state index in [1.165, 1.54) is 0 Å². The average molecular weight is 151 g/mol. The largest absolute Gasteiger partial charge is 0.427 e. The minimum atomic E-state index is -0.400. The summed E-state index contributed by atoms with van der Waals surface area (Å²) in [6.45, 7) is 5.07. The summed E-state index contributed by atoms with van der Waals surface area (Å²) in [5.74, 6) is -0.00731. The van der Waals surface area contributed by atoms with Crippen molar-refractivity contribution < 1.29 is 9.53 Å². The average Bonchev–Trinajstić information content (AvgIpc) is 2.35. The molecule has 1 aromatic heterocycles. The maximum absolute atomic E-state index is 11.0. The smallest absolute Gasteiger partial charge is 0.359 e. The molecule has 1 heterocycles. The standard InChI is InChI=1S/C8H9NO2/c1-6(2)11-8(10)7-4-3-5-9-7/h3-5,9H,1H2,2H3. The Labute approximate surface area is 64.7 Å². The molecule has 0 saturated heterocycles. The molecule has 0 saturated carbocycles. The second kappa shape index (κ2) is 3.05. The number of esters is 1. The molecular formula is C8H9NO2. The highest BCUT2D eigenvalue weighted by molar-refractivity contribution is 5.87. The van der Waals surface area contributed by atoms with E-state index in [2.05, 4.69) is 11.6 Å². The number of rotatable bonds is 2. The Balaban J connectivity index is 2.64. The topological polar surface area (TPSA) is 42.1 Å². The van der Waals surface area contributed by atoms with Crippen molar-refractivity contribution in [3.05, 3.63) is 36.4 Å². The van der Waals surface area contributed by atoms with E-state index in [0.717, 1.165) is 0 Å². The summed E-state index contributed by atoms with van der Waals surface area (Å²) in [4.78, 5) is 13.7. The predicted molar refractivity (Wildman–Crippen MR) is 41.0 cm³/mol. The van der Waals surface area contributed by atoms with E-state index >= 15 is 0 Å². The van der Waals surface area contributed by atoms with Crippen molar-refractivity contribution in [2.75, 3.05) is 0 Å². The number of hydrogen-bond donors (Lipinski definition) is 1. The molecule has 0 aliphatic heterocycles. The monoisotopic (exact) mass is 151 g/mol. The van der Waals surface area contributed by atoms with E-state index < -0.39 is 5.97 Å². The summed E-state index contributed by atoms with van der Waals surface area (Å²) in [7, 11) is 0. The van der Waals surface area contributed by atoms with Gasteiger partial charge in [-0.2, -0.15) is 0 Å². The summed E-state index contributed by atoms with van der Waals surface area (Å²) in [6, 6.07) is 3.38. The summed E-state index contributed by atoms with van der Waals surface area (Å²) >= 11 is 0. The van der Waals surface area contributed by atoms with Gasteiger partial charge in [0.25, 0.3) is 0 Å². The van der Waals surface area contributed by atoms with Crippen LogP contribution in [0.15, 0.2) is 30.7 Å². The number of carbonyl (C=O) groups is 1. The number of carbonyl (C=O) groups excluding carboxylic acids is 1. The minimum absolute atomic E-state index is 0.393. The molecule has 0 radical (unpaired) electrons. The maximum atomic E-state index is 11.0. The van der Waals surface area contributed by atoms with Gasteiger partial charge >= 0.3 is 5.97 Å². The van der Waals surface area contributed by atoms with Gasteiger partial charge in [-0.25, -0.2) is 4.79 Å². The zero-order valence-corrected chi connectivity index (χ0v) is 6.26. The van der Waals surface area contributed by atoms with Crippen LogP contribution in [0.25, 0.3) is 0 Å². The van der Waals surface area contributed by atoms with Gasteiger partial charge in [-0.3, -0.25) is 0 Å². The van der Waals surface area contributed by atoms with E-state index in [9.17, 15) is 4.79 Å². The third kappa shape index (κ3) is 1.97. The zero-order valence-electron chi connectivity index (χ0n) is 6.26. The van der Waals surface area contributed by atoms with Crippen LogP contribution >= 0.6 is 0 Å². The third-order valence-corrected chi connectivity index (χ3v) is 1.08. The van der Waals surface area contributed by atoms with Gasteiger partial charge in [0.05, 0.1) is 5.76 Å². The van der Waals surface area contributed by atoms with E-state index in [0.29, 0.717) is 11.5 Å². The molecule has 0 aromatic carbocycles. The molecule has 58 valence electrons. The Morgan fingerprint density at radius 1 is 1.73 bits per heavy atom. The molecule has 0 bridgehead atoms. The molecule has 0 atom stereocenters. The summed E-state index contributed by atoms with van der Waals surface area (Å²) in [6.07, 6.45) is 1.66. The van der Waals surface area contributed by atoms with Crippen LogP contribution < -0.4 is 0 Å². The molecule has 0 fully saturated rings. The highest BCUT2D eigenvalue weighted by atomic mass is 16.5. The summed E-state index contributed by atoms with van der Waals surface area (Å²) < 4.78 is 4.73. The van der Waals surface area contributed by atoms with E-state index in [4.69, 9.17) is 4.74 Å². The highest BCUT2D eigenvalue weighted by Crippen LogP contribution is 2.00. The fraction of sp³-hybridized carbons (Fsp3) is 0.125. The Hall–Kier alpha value is -1.51.